The van der Waals surface area contributed by atoms with Gasteiger partial charge < -0.3 is 0 Å². The first-order chi connectivity index (χ1) is 12.7. The predicted molar refractivity (Wildman–Crippen MR) is 106 cm³/mol. The Morgan fingerprint density at radius 1 is 0.692 bits per heavy atom. The van der Waals surface area contributed by atoms with Gasteiger partial charge in [0.25, 0.3) is 5.69 Å². The summed E-state index contributed by atoms with van der Waals surface area (Å²) in [5, 5.41) is 18.5. The van der Waals surface area contributed by atoms with Gasteiger partial charge in [0, 0.05) is 12.1 Å². The molecule has 0 aliphatic heterocycles. The maximum atomic E-state index is 10.8. The van der Waals surface area contributed by atoms with Gasteiger partial charge in [-0.25, -0.2) is 0 Å². The number of rotatable bonds is 3. The van der Waals surface area contributed by atoms with Crippen LogP contribution in [0.2, 0.25) is 0 Å². The molecule has 26 heavy (non-hydrogen) atoms. The molecule has 0 fully saturated rings. The third kappa shape index (κ3) is 2.21. The minimum absolute atomic E-state index is 0.129. The minimum Gasteiger partial charge on any atom is -0.258 e. The topological polar surface area (TPSA) is 43.1 Å². The van der Waals surface area contributed by atoms with Gasteiger partial charge in [-0.2, -0.15) is 0 Å². The molecule has 0 saturated heterocycles. The quantitative estimate of drug-likeness (QED) is 0.227. The molecule has 0 heterocycles. The number of hydrogen-bond acceptors (Lipinski definition) is 2. The number of hydrogen-bond donors (Lipinski definition) is 0. The standard InChI is InChI=1S/C23H15NO2/c25-24(26)20-11-4-15(5-12-20)14-19-9-8-18-7-6-16-2-1-3-17-10-13-21(19)23(18)22(16)17/h1-13H,14H2. The Balaban J connectivity index is 1.69. The molecule has 5 rings (SSSR count). The van der Waals surface area contributed by atoms with Crippen molar-refractivity contribution in [3.63, 3.8) is 0 Å². The SMILES string of the molecule is O=[N+]([O-])c1ccc(Cc2ccc3ccc4cccc5ccc2c3c45)cc1. The molecule has 0 radical (unpaired) electrons. The van der Waals surface area contributed by atoms with Gasteiger partial charge in [0.05, 0.1) is 4.92 Å². The van der Waals surface area contributed by atoms with Crippen LogP contribution in [0.4, 0.5) is 5.69 Å². The van der Waals surface area contributed by atoms with Crippen molar-refractivity contribution in [2.45, 2.75) is 6.42 Å². The number of nitro groups is 1. The van der Waals surface area contributed by atoms with E-state index >= 15 is 0 Å². The van der Waals surface area contributed by atoms with Crippen LogP contribution in [0.5, 0.6) is 0 Å². The van der Waals surface area contributed by atoms with Gasteiger partial charge in [0.2, 0.25) is 0 Å². The molecule has 0 aliphatic rings. The maximum Gasteiger partial charge on any atom is 0.269 e. The first kappa shape index (κ1) is 14.8. The third-order valence-corrected chi connectivity index (χ3v) is 5.16. The van der Waals surface area contributed by atoms with E-state index in [1.54, 1.807) is 12.1 Å². The van der Waals surface area contributed by atoms with Crippen LogP contribution in [0.15, 0.2) is 78.9 Å². The van der Waals surface area contributed by atoms with Crippen molar-refractivity contribution in [3.05, 3.63) is 100 Å². The number of benzene rings is 5. The summed E-state index contributed by atoms with van der Waals surface area (Å²) < 4.78 is 0. The van der Waals surface area contributed by atoms with Crippen LogP contribution >= 0.6 is 0 Å². The van der Waals surface area contributed by atoms with Crippen molar-refractivity contribution in [2.24, 2.45) is 0 Å². The summed E-state index contributed by atoms with van der Waals surface area (Å²) in [4.78, 5) is 10.5. The van der Waals surface area contributed by atoms with Crippen molar-refractivity contribution in [1.82, 2.24) is 0 Å². The van der Waals surface area contributed by atoms with Crippen molar-refractivity contribution >= 4 is 38.0 Å². The van der Waals surface area contributed by atoms with E-state index in [1.807, 2.05) is 12.1 Å². The highest BCUT2D eigenvalue weighted by Gasteiger charge is 2.11. The first-order valence-corrected chi connectivity index (χ1v) is 8.59. The van der Waals surface area contributed by atoms with Gasteiger partial charge in [-0.05, 0) is 49.9 Å². The molecule has 0 aliphatic carbocycles. The van der Waals surface area contributed by atoms with Gasteiger partial charge in [0.1, 0.15) is 0 Å². The Bertz CT molecular complexity index is 1260. The zero-order chi connectivity index (χ0) is 17.7. The van der Waals surface area contributed by atoms with E-state index in [9.17, 15) is 10.1 Å². The lowest BCUT2D eigenvalue weighted by Crippen LogP contribution is -1.93. The predicted octanol–water partition coefficient (Wildman–Crippen LogP) is 6.08. The molecule has 0 atom stereocenters. The average Bonchev–Trinajstić information content (AvgIpc) is 2.67. The summed E-state index contributed by atoms with van der Waals surface area (Å²) in [5.41, 5.74) is 2.44. The lowest BCUT2D eigenvalue weighted by Gasteiger charge is -2.14. The molecule has 3 heteroatoms. The maximum absolute atomic E-state index is 10.8. The molecule has 0 aromatic heterocycles. The Labute approximate surface area is 150 Å². The molecule has 3 nitrogen and oxygen atoms in total. The number of nitro benzene ring substituents is 1. The van der Waals surface area contributed by atoms with Gasteiger partial charge in [-0.1, -0.05) is 66.7 Å². The van der Waals surface area contributed by atoms with Crippen LogP contribution in [0.3, 0.4) is 0 Å². The minimum atomic E-state index is -0.361. The zero-order valence-electron chi connectivity index (χ0n) is 14.0. The van der Waals surface area contributed by atoms with Crippen LogP contribution in [0.25, 0.3) is 32.3 Å². The van der Waals surface area contributed by atoms with Gasteiger partial charge in [-0.15, -0.1) is 0 Å². The van der Waals surface area contributed by atoms with E-state index in [0.29, 0.717) is 0 Å². The molecular formula is C23H15NO2. The largest absolute Gasteiger partial charge is 0.269 e. The Kier molecular flexibility index (Phi) is 3.16. The highest BCUT2D eigenvalue weighted by Crippen LogP contribution is 2.36. The first-order valence-electron chi connectivity index (χ1n) is 8.59. The van der Waals surface area contributed by atoms with E-state index < -0.39 is 0 Å². The van der Waals surface area contributed by atoms with Crippen LogP contribution < -0.4 is 0 Å². The fourth-order valence-electron chi connectivity index (χ4n) is 3.91. The molecular weight excluding hydrogens is 322 g/mol. The molecule has 5 aromatic rings. The fourth-order valence-corrected chi connectivity index (χ4v) is 3.91. The molecule has 0 unspecified atom stereocenters. The van der Waals surface area contributed by atoms with Crippen LogP contribution in [-0.4, -0.2) is 4.92 Å². The second-order valence-corrected chi connectivity index (χ2v) is 6.68. The lowest BCUT2D eigenvalue weighted by molar-refractivity contribution is -0.384. The summed E-state index contributed by atoms with van der Waals surface area (Å²) >= 11 is 0. The van der Waals surface area contributed by atoms with Gasteiger partial charge in [0.15, 0.2) is 0 Å². The highest BCUT2D eigenvalue weighted by atomic mass is 16.6. The van der Waals surface area contributed by atoms with E-state index in [0.717, 1.165) is 12.0 Å². The molecule has 0 bridgehead atoms. The lowest BCUT2D eigenvalue weighted by atomic mass is 9.90. The van der Waals surface area contributed by atoms with Crippen molar-refractivity contribution in [3.8, 4) is 0 Å². The van der Waals surface area contributed by atoms with Gasteiger partial charge >= 0.3 is 0 Å². The highest BCUT2D eigenvalue weighted by molar-refractivity contribution is 6.23. The monoisotopic (exact) mass is 337 g/mol. The second-order valence-electron chi connectivity index (χ2n) is 6.68. The molecule has 0 amide bonds. The summed E-state index contributed by atoms with van der Waals surface area (Å²) in [6, 6.07) is 26.3. The summed E-state index contributed by atoms with van der Waals surface area (Å²) in [5.74, 6) is 0. The zero-order valence-corrected chi connectivity index (χ0v) is 14.0. The molecule has 0 saturated carbocycles. The van der Waals surface area contributed by atoms with Crippen LogP contribution in [0.1, 0.15) is 11.1 Å². The summed E-state index contributed by atoms with van der Waals surface area (Å²) in [6.45, 7) is 0. The Morgan fingerprint density at radius 3 is 2.00 bits per heavy atom. The molecule has 0 N–H and O–H groups in total. The van der Waals surface area contributed by atoms with Gasteiger partial charge in [-0.3, -0.25) is 10.1 Å². The Hall–Kier alpha value is -3.46. The average molecular weight is 337 g/mol. The normalized spacial score (nSPS) is 11.5. The van der Waals surface area contributed by atoms with Crippen LogP contribution in [0, 0.1) is 10.1 Å². The van der Waals surface area contributed by atoms with Crippen molar-refractivity contribution < 1.29 is 4.92 Å². The summed E-state index contributed by atoms with van der Waals surface area (Å²) in [6.07, 6.45) is 0.756. The Morgan fingerprint density at radius 2 is 1.31 bits per heavy atom. The van der Waals surface area contributed by atoms with Crippen LogP contribution in [-0.2, 0) is 6.42 Å². The van der Waals surface area contributed by atoms with E-state index in [1.165, 1.54) is 37.9 Å². The van der Waals surface area contributed by atoms with E-state index in [4.69, 9.17) is 0 Å². The number of nitrogens with zero attached hydrogens (tertiary/aromatic N) is 1. The van der Waals surface area contributed by atoms with Crippen molar-refractivity contribution in [2.75, 3.05) is 0 Å². The molecule has 5 aromatic carbocycles. The number of non-ortho nitro benzene ring substituents is 1. The smallest absolute Gasteiger partial charge is 0.258 e. The summed E-state index contributed by atoms with van der Waals surface area (Å²) in [7, 11) is 0. The van der Waals surface area contributed by atoms with Crippen molar-refractivity contribution in [1.29, 1.82) is 0 Å². The second kappa shape index (κ2) is 5.53. The third-order valence-electron chi connectivity index (χ3n) is 5.16. The molecule has 0 spiro atoms. The van der Waals surface area contributed by atoms with E-state index in [-0.39, 0.29) is 10.6 Å². The molecule has 124 valence electrons. The fraction of sp³-hybridized carbons (Fsp3) is 0.0435. The van der Waals surface area contributed by atoms with E-state index in [2.05, 4.69) is 54.6 Å².